The lowest BCUT2D eigenvalue weighted by Crippen LogP contribution is -2.42. The van der Waals surface area contributed by atoms with Gasteiger partial charge in [-0.2, -0.15) is 0 Å². The molecule has 1 heteroatoms. The van der Waals surface area contributed by atoms with Crippen LogP contribution < -0.4 is 5.32 Å². The zero-order valence-corrected chi connectivity index (χ0v) is 12.7. The van der Waals surface area contributed by atoms with Crippen molar-refractivity contribution in [3.05, 3.63) is 35.9 Å². The van der Waals surface area contributed by atoms with Gasteiger partial charge in [-0.25, -0.2) is 0 Å². The number of hydrogen-bond acceptors (Lipinski definition) is 1. The number of hydrogen-bond donors (Lipinski definition) is 1. The zero-order chi connectivity index (χ0) is 13.6. The molecule has 0 spiro atoms. The summed E-state index contributed by atoms with van der Waals surface area (Å²) >= 11 is 0. The first-order valence-electron chi connectivity index (χ1n) is 7.07. The molecule has 0 heterocycles. The van der Waals surface area contributed by atoms with Crippen LogP contribution in [0.15, 0.2) is 30.3 Å². The van der Waals surface area contributed by atoms with Gasteiger partial charge in [0.1, 0.15) is 0 Å². The van der Waals surface area contributed by atoms with Gasteiger partial charge in [0.15, 0.2) is 0 Å². The lowest BCUT2D eigenvalue weighted by molar-refractivity contribution is 0.242. The molecule has 0 aliphatic rings. The van der Waals surface area contributed by atoms with E-state index in [9.17, 15) is 0 Å². The van der Waals surface area contributed by atoms with Crippen molar-refractivity contribution < 1.29 is 0 Å². The van der Waals surface area contributed by atoms with Crippen LogP contribution in [0.1, 0.15) is 53.0 Å². The fraction of sp³-hybridized carbons (Fsp3) is 0.647. The topological polar surface area (TPSA) is 12.0 Å². The molecule has 1 nitrogen and oxygen atoms in total. The molecule has 0 amide bonds. The van der Waals surface area contributed by atoms with Gasteiger partial charge >= 0.3 is 0 Å². The molecule has 0 fully saturated rings. The van der Waals surface area contributed by atoms with Crippen LogP contribution in [0.4, 0.5) is 0 Å². The zero-order valence-electron chi connectivity index (χ0n) is 12.7. The molecule has 0 atom stereocenters. The summed E-state index contributed by atoms with van der Waals surface area (Å²) in [6, 6.07) is 10.7. The van der Waals surface area contributed by atoms with E-state index >= 15 is 0 Å². The van der Waals surface area contributed by atoms with Crippen LogP contribution in [0.2, 0.25) is 0 Å². The highest BCUT2D eigenvalue weighted by Crippen LogP contribution is 2.26. The highest BCUT2D eigenvalue weighted by atomic mass is 14.9. The third-order valence-corrected chi connectivity index (χ3v) is 3.06. The second-order valence-electron chi connectivity index (χ2n) is 7.14. The predicted molar refractivity (Wildman–Crippen MR) is 80.9 cm³/mol. The lowest BCUT2D eigenvalue weighted by atomic mass is 9.82. The lowest BCUT2D eigenvalue weighted by Gasteiger charge is -2.33. The predicted octanol–water partition coefficient (Wildman–Crippen LogP) is 4.42. The van der Waals surface area contributed by atoms with Crippen LogP contribution in [0.5, 0.6) is 0 Å². The van der Waals surface area contributed by atoms with Gasteiger partial charge in [0, 0.05) is 5.54 Å². The van der Waals surface area contributed by atoms with Crippen molar-refractivity contribution in [1.29, 1.82) is 0 Å². The minimum atomic E-state index is 0.231. The summed E-state index contributed by atoms with van der Waals surface area (Å²) in [5, 5.41) is 3.69. The highest BCUT2D eigenvalue weighted by Gasteiger charge is 2.24. The van der Waals surface area contributed by atoms with E-state index < -0.39 is 0 Å². The van der Waals surface area contributed by atoms with E-state index in [1.165, 1.54) is 24.8 Å². The van der Waals surface area contributed by atoms with Gasteiger partial charge < -0.3 is 5.32 Å². The molecule has 0 saturated heterocycles. The fourth-order valence-corrected chi connectivity index (χ4v) is 2.75. The SMILES string of the molecule is CC(C)(C)CC(C)(C)NCCCc1ccccc1. The van der Waals surface area contributed by atoms with Gasteiger partial charge in [0.2, 0.25) is 0 Å². The quantitative estimate of drug-likeness (QED) is 0.734. The third kappa shape index (κ3) is 6.80. The van der Waals surface area contributed by atoms with Gasteiger partial charge in [0.05, 0.1) is 0 Å². The third-order valence-electron chi connectivity index (χ3n) is 3.06. The normalized spacial score (nSPS) is 12.7. The molecule has 0 aromatic heterocycles. The number of rotatable bonds is 6. The maximum Gasteiger partial charge on any atom is 0.0130 e. The first kappa shape index (κ1) is 15.2. The summed E-state index contributed by atoms with van der Waals surface area (Å²) in [6.07, 6.45) is 3.57. The molecular weight excluding hydrogens is 218 g/mol. The van der Waals surface area contributed by atoms with Crippen molar-refractivity contribution in [2.24, 2.45) is 5.41 Å². The molecule has 1 aromatic carbocycles. The van der Waals surface area contributed by atoms with Crippen LogP contribution in [0.25, 0.3) is 0 Å². The molecule has 1 N–H and O–H groups in total. The largest absolute Gasteiger partial charge is 0.312 e. The summed E-state index contributed by atoms with van der Waals surface area (Å²) in [6.45, 7) is 12.6. The Bertz CT molecular complexity index is 332. The van der Waals surface area contributed by atoms with Gasteiger partial charge in [0.25, 0.3) is 0 Å². The van der Waals surface area contributed by atoms with E-state index in [1.54, 1.807) is 0 Å². The van der Waals surface area contributed by atoms with Crippen LogP contribution in [0.3, 0.4) is 0 Å². The Morgan fingerprint density at radius 3 is 2.11 bits per heavy atom. The van der Waals surface area contributed by atoms with Gasteiger partial charge in [-0.15, -0.1) is 0 Å². The average Bonchev–Trinajstić information content (AvgIpc) is 2.23. The van der Waals surface area contributed by atoms with Gasteiger partial charge in [-0.1, -0.05) is 51.1 Å². The van der Waals surface area contributed by atoms with E-state index in [0.717, 1.165) is 6.54 Å². The number of benzene rings is 1. The molecule has 102 valence electrons. The van der Waals surface area contributed by atoms with Crippen molar-refractivity contribution in [2.75, 3.05) is 6.54 Å². The second kappa shape index (κ2) is 6.38. The molecule has 18 heavy (non-hydrogen) atoms. The average molecular weight is 247 g/mol. The Hall–Kier alpha value is -0.820. The van der Waals surface area contributed by atoms with Crippen molar-refractivity contribution in [1.82, 2.24) is 5.32 Å². The molecule has 0 aliphatic heterocycles. The van der Waals surface area contributed by atoms with Crippen molar-refractivity contribution >= 4 is 0 Å². The van der Waals surface area contributed by atoms with E-state index in [2.05, 4.69) is 70.3 Å². The number of nitrogens with one attached hydrogen (secondary N) is 1. The van der Waals surface area contributed by atoms with Crippen LogP contribution in [-0.4, -0.2) is 12.1 Å². The minimum Gasteiger partial charge on any atom is -0.312 e. The molecule has 0 saturated carbocycles. The maximum absolute atomic E-state index is 3.69. The standard InChI is InChI=1S/C17H29N/c1-16(2,3)14-17(4,5)18-13-9-12-15-10-7-6-8-11-15/h6-8,10-11,18H,9,12-14H2,1-5H3. The minimum absolute atomic E-state index is 0.231. The Labute approximate surface area is 113 Å². The Balaban J connectivity index is 2.25. The fourth-order valence-electron chi connectivity index (χ4n) is 2.75. The Kier molecular flexibility index (Phi) is 5.40. The molecular formula is C17H29N. The van der Waals surface area contributed by atoms with E-state index in [4.69, 9.17) is 0 Å². The van der Waals surface area contributed by atoms with Crippen LogP contribution in [0, 0.1) is 5.41 Å². The van der Waals surface area contributed by atoms with Gasteiger partial charge in [-0.3, -0.25) is 0 Å². The number of aryl methyl sites for hydroxylation is 1. The van der Waals surface area contributed by atoms with Gasteiger partial charge in [-0.05, 0) is 50.6 Å². The molecule has 0 aliphatic carbocycles. The second-order valence-corrected chi connectivity index (χ2v) is 7.14. The summed E-state index contributed by atoms with van der Waals surface area (Å²) in [7, 11) is 0. The van der Waals surface area contributed by atoms with Crippen LogP contribution in [-0.2, 0) is 6.42 Å². The first-order valence-corrected chi connectivity index (χ1v) is 7.07. The summed E-state index contributed by atoms with van der Waals surface area (Å²) in [4.78, 5) is 0. The Morgan fingerprint density at radius 2 is 1.56 bits per heavy atom. The highest BCUT2D eigenvalue weighted by molar-refractivity contribution is 5.14. The monoisotopic (exact) mass is 247 g/mol. The van der Waals surface area contributed by atoms with E-state index in [-0.39, 0.29) is 5.54 Å². The summed E-state index contributed by atoms with van der Waals surface area (Å²) in [5.41, 5.74) is 2.05. The smallest absolute Gasteiger partial charge is 0.0130 e. The Morgan fingerprint density at radius 1 is 0.944 bits per heavy atom. The molecule has 0 bridgehead atoms. The van der Waals surface area contributed by atoms with Crippen LogP contribution >= 0.6 is 0 Å². The summed E-state index contributed by atoms with van der Waals surface area (Å²) in [5.74, 6) is 0. The molecule has 0 unspecified atom stereocenters. The first-order chi connectivity index (χ1) is 8.29. The van der Waals surface area contributed by atoms with Crippen molar-refractivity contribution in [3.63, 3.8) is 0 Å². The molecule has 0 radical (unpaired) electrons. The van der Waals surface area contributed by atoms with E-state index in [1.807, 2.05) is 0 Å². The van der Waals surface area contributed by atoms with E-state index in [0.29, 0.717) is 5.41 Å². The molecule has 1 rings (SSSR count). The van der Waals surface area contributed by atoms with Crippen molar-refractivity contribution in [2.45, 2.75) is 59.4 Å². The maximum atomic E-state index is 3.69. The van der Waals surface area contributed by atoms with Crippen molar-refractivity contribution in [3.8, 4) is 0 Å². The molecule has 1 aromatic rings. The summed E-state index contributed by atoms with van der Waals surface area (Å²) < 4.78 is 0.